The lowest BCUT2D eigenvalue weighted by Gasteiger charge is -2.35. The normalized spacial score (nSPS) is 17.2. The highest BCUT2D eigenvalue weighted by molar-refractivity contribution is 5.92. The van der Waals surface area contributed by atoms with Crippen molar-refractivity contribution in [2.24, 2.45) is 0 Å². The van der Waals surface area contributed by atoms with Crippen LogP contribution >= 0.6 is 0 Å². The molecule has 1 saturated heterocycles. The molecule has 5 rings (SSSR count). The van der Waals surface area contributed by atoms with Crippen molar-refractivity contribution in [1.29, 1.82) is 0 Å². The average molecular weight is 445 g/mol. The maximum Gasteiger partial charge on any atom is 0.140 e. The third-order valence-corrected chi connectivity index (χ3v) is 7.52. The monoisotopic (exact) mass is 444 g/mol. The van der Waals surface area contributed by atoms with Crippen molar-refractivity contribution in [3.05, 3.63) is 53.9 Å². The fraction of sp³-hybridized carbons (Fsp3) is 0.500. The number of hydrogen-bond acceptors (Lipinski definition) is 5. The van der Waals surface area contributed by atoms with Crippen LogP contribution < -0.4 is 14.5 Å². The minimum absolute atomic E-state index is 0.529. The number of piperidine rings is 1. The van der Waals surface area contributed by atoms with Gasteiger partial charge in [-0.15, -0.1) is 0 Å². The molecule has 0 bridgehead atoms. The number of aromatic nitrogens is 2. The first-order valence-electron chi connectivity index (χ1n) is 12.6. The van der Waals surface area contributed by atoms with Gasteiger partial charge in [0.2, 0.25) is 0 Å². The molecule has 0 radical (unpaired) electrons. The Morgan fingerprint density at radius 2 is 1.79 bits per heavy atom. The van der Waals surface area contributed by atoms with E-state index < -0.39 is 0 Å². The molecule has 33 heavy (non-hydrogen) atoms. The third kappa shape index (κ3) is 4.38. The van der Waals surface area contributed by atoms with E-state index in [-0.39, 0.29) is 0 Å². The molecule has 2 aromatic carbocycles. The molecule has 0 spiro atoms. The first kappa shape index (κ1) is 22.0. The highest BCUT2D eigenvalue weighted by atomic mass is 16.5. The molecule has 0 amide bonds. The summed E-state index contributed by atoms with van der Waals surface area (Å²) in [5.41, 5.74) is 3.67. The summed E-state index contributed by atoms with van der Waals surface area (Å²) in [6.07, 6.45) is 7.10. The number of rotatable bonds is 7. The van der Waals surface area contributed by atoms with Crippen molar-refractivity contribution in [1.82, 2.24) is 9.97 Å². The van der Waals surface area contributed by atoms with Gasteiger partial charge in [-0.3, -0.25) is 0 Å². The Balaban J connectivity index is 1.46. The van der Waals surface area contributed by atoms with Crippen LogP contribution in [-0.2, 0) is 0 Å². The summed E-state index contributed by atoms with van der Waals surface area (Å²) in [5.74, 6) is 4.25. The zero-order chi connectivity index (χ0) is 22.8. The molecule has 174 valence electrons. The van der Waals surface area contributed by atoms with Crippen LogP contribution in [-0.4, -0.2) is 43.8 Å². The van der Waals surface area contributed by atoms with Crippen LogP contribution in [0.25, 0.3) is 10.9 Å². The van der Waals surface area contributed by atoms with Crippen LogP contribution in [0.5, 0.6) is 5.75 Å². The van der Waals surface area contributed by atoms with E-state index >= 15 is 0 Å². The Kier molecular flexibility index (Phi) is 6.39. The second-order valence-corrected chi connectivity index (χ2v) is 9.66. The fourth-order valence-corrected chi connectivity index (χ4v) is 5.32. The summed E-state index contributed by atoms with van der Waals surface area (Å²) in [4.78, 5) is 15.0. The van der Waals surface area contributed by atoms with E-state index in [4.69, 9.17) is 14.7 Å². The molecule has 5 nitrogen and oxygen atoms in total. The van der Waals surface area contributed by atoms with Crippen molar-refractivity contribution in [3.8, 4) is 5.75 Å². The van der Waals surface area contributed by atoms with Crippen LogP contribution in [0.1, 0.15) is 68.7 Å². The van der Waals surface area contributed by atoms with Gasteiger partial charge in [-0.2, -0.15) is 0 Å². The van der Waals surface area contributed by atoms with E-state index in [9.17, 15) is 0 Å². The standard InChI is InChI=1S/C28H36N4O/c1-4-16-31(2)22-12-13-25-24(19-22)28(30-27(29-25)21-8-7-9-21)32-17-14-20(15-18-32)23-10-5-6-11-26(23)33-3/h5-6,10-13,19-21H,4,7-9,14-18H2,1-3H3. The summed E-state index contributed by atoms with van der Waals surface area (Å²) in [5, 5.41) is 1.19. The molecule has 0 unspecified atom stereocenters. The molecule has 5 heteroatoms. The molecule has 1 aliphatic heterocycles. The Morgan fingerprint density at radius 3 is 2.48 bits per heavy atom. The van der Waals surface area contributed by atoms with Gasteiger partial charge in [0.25, 0.3) is 0 Å². The zero-order valence-electron chi connectivity index (χ0n) is 20.3. The van der Waals surface area contributed by atoms with Gasteiger partial charge in [0.05, 0.1) is 12.6 Å². The topological polar surface area (TPSA) is 41.5 Å². The van der Waals surface area contributed by atoms with Crippen LogP contribution in [0, 0.1) is 0 Å². The van der Waals surface area contributed by atoms with E-state index in [1.165, 1.54) is 35.9 Å². The van der Waals surface area contributed by atoms with Crippen molar-refractivity contribution in [2.75, 3.05) is 43.6 Å². The van der Waals surface area contributed by atoms with E-state index in [0.29, 0.717) is 11.8 Å². The second-order valence-electron chi connectivity index (χ2n) is 9.66. The van der Waals surface area contributed by atoms with E-state index in [1.54, 1.807) is 7.11 Å². The highest BCUT2D eigenvalue weighted by Gasteiger charge is 2.28. The van der Waals surface area contributed by atoms with Crippen molar-refractivity contribution in [3.63, 3.8) is 0 Å². The van der Waals surface area contributed by atoms with Gasteiger partial charge in [-0.05, 0) is 67.9 Å². The number of fused-ring (bicyclic) bond motifs is 1. The predicted octanol–water partition coefficient (Wildman–Crippen LogP) is 6.14. The molecule has 2 heterocycles. The maximum absolute atomic E-state index is 5.65. The van der Waals surface area contributed by atoms with Crippen LogP contribution in [0.2, 0.25) is 0 Å². The highest BCUT2D eigenvalue weighted by Crippen LogP contribution is 2.40. The Bertz CT molecular complexity index is 1100. The number of hydrogen-bond donors (Lipinski definition) is 0. The van der Waals surface area contributed by atoms with Crippen LogP contribution in [0.15, 0.2) is 42.5 Å². The SMILES string of the molecule is CCCN(C)c1ccc2nc(C3CCC3)nc(N3CCC(c4ccccc4OC)CC3)c2c1. The average Bonchev–Trinajstić information content (AvgIpc) is 2.82. The number of nitrogens with zero attached hydrogens (tertiary/aromatic N) is 4. The smallest absolute Gasteiger partial charge is 0.140 e. The van der Waals surface area contributed by atoms with Gasteiger partial charge < -0.3 is 14.5 Å². The van der Waals surface area contributed by atoms with Gasteiger partial charge in [0.1, 0.15) is 17.4 Å². The van der Waals surface area contributed by atoms with Gasteiger partial charge in [-0.1, -0.05) is 31.5 Å². The number of ether oxygens (including phenoxy) is 1. The summed E-state index contributed by atoms with van der Waals surface area (Å²) >= 11 is 0. The lowest BCUT2D eigenvalue weighted by atomic mass is 9.84. The first-order valence-corrected chi connectivity index (χ1v) is 12.6. The summed E-state index contributed by atoms with van der Waals surface area (Å²) < 4.78 is 5.65. The van der Waals surface area contributed by atoms with E-state index in [0.717, 1.165) is 61.8 Å². The predicted molar refractivity (Wildman–Crippen MR) is 137 cm³/mol. The Morgan fingerprint density at radius 1 is 1.00 bits per heavy atom. The van der Waals surface area contributed by atoms with Gasteiger partial charge in [0, 0.05) is 43.7 Å². The molecule has 1 aliphatic carbocycles. The van der Waals surface area contributed by atoms with Gasteiger partial charge >= 0.3 is 0 Å². The molecular weight excluding hydrogens is 408 g/mol. The minimum atomic E-state index is 0.529. The quantitative estimate of drug-likeness (QED) is 0.438. The van der Waals surface area contributed by atoms with E-state index in [1.807, 2.05) is 0 Å². The number of anilines is 2. The third-order valence-electron chi connectivity index (χ3n) is 7.52. The van der Waals surface area contributed by atoms with Crippen molar-refractivity contribution >= 4 is 22.4 Å². The van der Waals surface area contributed by atoms with Crippen LogP contribution in [0.4, 0.5) is 11.5 Å². The van der Waals surface area contributed by atoms with Gasteiger partial charge in [0.15, 0.2) is 0 Å². The van der Waals surface area contributed by atoms with E-state index in [2.05, 4.69) is 66.2 Å². The van der Waals surface area contributed by atoms with Gasteiger partial charge in [-0.25, -0.2) is 9.97 Å². The van der Waals surface area contributed by atoms with Crippen molar-refractivity contribution < 1.29 is 4.74 Å². The van der Waals surface area contributed by atoms with Crippen LogP contribution in [0.3, 0.4) is 0 Å². The molecule has 1 saturated carbocycles. The molecule has 1 aromatic heterocycles. The van der Waals surface area contributed by atoms with Crippen molar-refractivity contribution in [2.45, 2.75) is 57.3 Å². The second kappa shape index (κ2) is 9.58. The minimum Gasteiger partial charge on any atom is -0.496 e. The largest absolute Gasteiger partial charge is 0.496 e. The maximum atomic E-state index is 5.65. The Labute approximate surface area is 197 Å². The molecule has 3 aromatic rings. The summed E-state index contributed by atoms with van der Waals surface area (Å²) in [7, 11) is 3.95. The summed E-state index contributed by atoms with van der Waals surface area (Å²) in [6, 6.07) is 15.2. The number of methoxy groups -OCH3 is 1. The fourth-order valence-electron chi connectivity index (χ4n) is 5.32. The molecule has 0 N–H and O–H groups in total. The molecule has 2 aliphatic rings. The Hall–Kier alpha value is -2.82. The lowest BCUT2D eigenvalue weighted by molar-refractivity contribution is 0.396. The molecule has 0 atom stereocenters. The summed E-state index contributed by atoms with van der Waals surface area (Å²) in [6.45, 7) is 5.29. The number of benzene rings is 2. The zero-order valence-corrected chi connectivity index (χ0v) is 20.3. The lowest BCUT2D eigenvalue weighted by Crippen LogP contribution is -2.34. The number of para-hydroxylation sites is 1. The molecular formula is C28H36N4O. The molecule has 2 fully saturated rings. The first-order chi connectivity index (χ1) is 16.2.